The maximum Gasteiger partial charge on any atom is 0.318 e. The third kappa shape index (κ3) is 3.22. The molecule has 2 aromatic rings. The van der Waals surface area contributed by atoms with Crippen LogP contribution in [0, 0.1) is 10.1 Å². The van der Waals surface area contributed by atoms with E-state index in [1.54, 1.807) is 37.4 Å². The summed E-state index contributed by atoms with van der Waals surface area (Å²) >= 11 is 0. The van der Waals surface area contributed by atoms with Crippen molar-refractivity contribution in [3.8, 4) is 11.5 Å². The van der Waals surface area contributed by atoms with Gasteiger partial charge in [0.15, 0.2) is 0 Å². The molecule has 0 aromatic heterocycles. The minimum absolute atomic E-state index is 0.00195. The van der Waals surface area contributed by atoms with Gasteiger partial charge >= 0.3 is 5.97 Å². The summed E-state index contributed by atoms with van der Waals surface area (Å²) in [6.07, 6.45) is 2.30. The first kappa shape index (κ1) is 16.0. The molecule has 124 valence electrons. The SMILES string of the molecule is COc1ccc(OC(=O)C2CCCc3ccc([N+](=O)[O-])cc32)cc1. The highest BCUT2D eigenvalue weighted by Gasteiger charge is 2.29. The highest BCUT2D eigenvalue weighted by Crippen LogP contribution is 2.35. The molecule has 1 unspecified atom stereocenters. The molecule has 3 rings (SSSR count). The van der Waals surface area contributed by atoms with Crippen LogP contribution in [0.15, 0.2) is 42.5 Å². The molecule has 1 aliphatic carbocycles. The predicted molar refractivity (Wildman–Crippen MR) is 87.4 cm³/mol. The maximum absolute atomic E-state index is 12.5. The van der Waals surface area contributed by atoms with E-state index in [0.29, 0.717) is 23.5 Å². The third-order valence-corrected chi connectivity index (χ3v) is 4.22. The van der Waals surface area contributed by atoms with Gasteiger partial charge in [-0.05, 0) is 54.7 Å². The molecule has 2 aromatic carbocycles. The van der Waals surface area contributed by atoms with Crippen LogP contribution in [-0.4, -0.2) is 18.0 Å². The summed E-state index contributed by atoms with van der Waals surface area (Å²) in [5, 5.41) is 11.0. The fraction of sp³-hybridized carbons (Fsp3) is 0.278. The van der Waals surface area contributed by atoms with E-state index in [4.69, 9.17) is 9.47 Å². The van der Waals surface area contributed by atoms with E-state index in [0.717, 1.165) is 18.4 Å². The highest BCUT2D eigenvalue weighted by molar-refractivity contribution is 5.81. The number of non-ortho nitro benzene ring substituents is 1. The Morgan fingerprint density at radius 2 is 1.88 bits per heavy atom. The molecule has 0 bridgehead atoms. The number of hydrogen-bond acceptors (Lipinski definition) is 5. The Hall–Kier alpha value is -2.89. The third-order valence-electron chi connectivity index (χ3n) is 4.22. The van der Waals surface area contributed by atoms with E-state index in [1.807, 2.05) is 0 Å². The van der Waals surface area contributed by atoms with Gasteiger partial charge in [-0.2, -0.15) is 0 Å². The van der Waals surface area contributed by atoms with E-state index in [-0.39, 0.29) is 11.7 Å². The number of carbonyl (C=O) groups excluding carboxylic acids is 1. The number of rotatable bonds is 4. The topological polar surface area (TPSA) is 78.7 Å². The molecule has 0 radical (unpaired) electrons. The summed E-state index contributed by atoms with van der Waals surface area (Å²) in [4.78, 5) is 23.1. The van der Waals surface area contributed by atoms with E-state index < -0.39 is 10.8 Å². The molecule has 0 N–H and O–H groups in total. The van der Waals surface area contributed by atoms with Gasteiger partial charge in [-0.25, -0.2) is 0 Å². The van der Waals surface area contributed by atoms with Crippen molar-refractivity contribution in [1.82, 2.24) is 0 Å². The lowest BCUT2D eigenvalue weighted by atomic mass is 9.82. The second-order valence-corrected chi connectivity index (χ2v) is 5.68. The molecule has 0 aliphatic heterocycles. The van der Waals surface area contributed by atoms with Crippen LogP contribution in [0.1, 0.15) is 29.9 Å². The summed E-state index contributed by atoms with van der Waals surface area (Å²) in [7, 11) is 1.56. The van der Waals surface area contributed by atoms with Gasteiger partial charge in [0.1, 0.15) is 11.5 Å². The van der Waals surface area contributed by atoms with Gasteiger partial charge in [-0.15, -0.1) is 0 Å². The first-order valence-corrected chi connectivity index (χ1v) is 7.71. The van der Waals surface area contributed by atoms with Crippen molar-refractivity contribution in [3.63, 3.8) is 0 Å². The van der Waals surface area contributed by atoms with Gasteiger partial charge in [0.2, 0.25) is 0 Å². The molecule has 24 heavy (non-hydrogen) atoms. The molecule has 0 fully saturated rings. The lowest BCUT2D eigenvalue weighted by Crippen LogP contribution is -2.23. The summed E-state index contributed by atoms with van der Waals surface area (Å²) in [5.74, 6) is 0.240. The standard InChI is InChI=1S/C18H17NO5/c1-23-14-7-9-15(10-8-14)24-18(20)16-4-2-3-12-5-6-13(19(21)22)11-17(12)16/h5-11,16H,2-4H2,1H3. The number of ether oxygens (including phenoxy) is 2. The van der Waals surface area contributed by atoms with Crippen molar-refractivity contribution in [3.05, 3.63) is 63.7 Å². The fourth-order valence-electron chi connectivity index (χ4n) is 2.98. The predicted octanol–water partition coefficient (Wildman–Crippen LogP) is 3.63. The Morgan fingerprint density at radius 1 is 1.17 bits per heavy atom. The van der Waals surface area contributed by atoms with Crippen LogP contribution >= 0.6 is 0 Å². The van der Waals surface area contributed by atoms with E-state index in [1.165, 1.54) is 12.1 Å². The van der Waals surface area contributed by atoms with Crippen LogP contribution in [-0.2, 0) is 11.2 Å². The molecule has 0 amide bonds. The molecular weight excluding hydrogens is 310 g/mol. The van der Waals surface area contributed by atoms with Crippen molar-refractivity contribution < 1.29 is 19.2 Å². The molecule has 0 heterocycles. The molecule has 0 saturated heterocycles. The van der Waals surface area contributed by atoms with E-state index in [2.05, 4.69) is 0 Å². The maximum atomic E-state index is 12.5. The van der Waals surface area contributed by atoms with Crippen molar-refractivity contribution in [1.29, 1.82) is 0 Å². The summed E-state index contributed by atoms with van der Waals surface area (Å²) < 4.78 is 10.5. The number of aryl methyl sites for hydroxylation is 1. The second kappa shape index (κ2) is 6.70. The Bertz CT molecular complexity index is 769. The molecule has 0 saturated carbocycles. The minimum atomic E-state index is -0.476. The van der Waals surface area contributed by atoms with Gasteiger partial charge in [0.25, 0.3) is 5.69 Å². The Labute approximate surface area is 139 Å². The highest BCUT2D eigenvalue weighted by atomic mass is 16.6. The van der Waals surface area contributed by atoms with Gasteiger partial charge in [-0.1, -0.05) is 6.07 Å². The molecule has 1 atom stereocenters. The molecule has 0 spiro atoms. The number of methoxy groups -OCH3 is 1. The van der Waals surface area contributed by atoms with Gasteiger partial charge in [-0.3, -0.25) is 14.9 Å². The van der Waals surface area contributed by atoms with Crippen molar-refractivity contribution in [2.24, 2.45) is 0 Å². The first-order valence-electron chi connectivity index (χ1n) is 7.71. The van der Waals surface area contributed by atoms with Crippen LogP contribution in [0.2, 0.25) is 0 Å². The van der Waals surface area contributed by atoms with Crippen LogP contribution in [0.3, 0.4) is 0 Å². The number of carbonyl (C=O) groups is 1. The number of fused-ring (bicyclic) bond motifs is 1. The zero-order chi connectivity index (χ0) is 17.1. The lowest BCUT2D eigenvalue weighted by Gasteiger charge is -2.23. The van der Waals surface area contributed by atoms with Gasteiger partial charge < -0.3 is 9.47 Å². The molecule has 1 aliphatic rings. The van der Waals surface area contributed by atoms with E-state index >= 15 is 0 Å². The van der Waals surface area contributed by atoms with Crippen molar-refractivity contribution in [2.75, 3.05) is 7.11 Å². The summed E-state index contributed by atoms with van der Waals surface area (Å²) in [6, 6.07) is 11.5. The lowest BCUT2D eigenvalue weighted by molar-refractivity contribution is -0.384. The Morgan fingerprint density at radius 3 is 2.54 bits per heavy atom. The van der Waals surface area contributed by atoms with Crippen LogP contribution in [0.4, 0.5) is 5.69 Å². The minimum Gasteiger partial charge on any atom is -0.497 e. The average Bonchev–Trinajstić information content (AvgIpc) is 2.61. The Kier molecular flexibility index (Phi) is 4.46. The van der Waals surface area contributed by atoms with E-state index in [9.17, 15) is 14.9 Å². The zero-order valence-electron chi connectivity index (χ0n) is 13.2. The summed E-state index contributed by atoms with van der Waals surface area (Å²) in [6.45, 7) is 0. The Balaban J connectivity index is 1.83. The van der Waals surface area contributed by atoms with Gasteiger partial charge in [0, 0.05) is 12.1 Å². The number of nitro groups is 1. The van der Waals surface area contributed by atoms with Crippen LogP contribution in [0.5, 0.6) is 11.5 Å². The summed E-state index contributed by atoms with van der Waals surface area (Å²) in [5.41, 5.74) is 1.68. The number of hydrogen-bond donors (Lipinski definition) is 0. The van der Waals surface area contributed by atoms with Crippen LogP contribution in [0.25, 0.3) is 0 Å². The monoisotopic (exact) mass is 327 g/mol. The largest absolute Gasteiger partial charge is 0.497 e. The quantitative estimate of drug-likeness (QED) is 0.371. The smallest absolute Gasteiger partial charge is 0.318 e. The van der Waals surface area contributed by atoms with Crippen molar-refractivity contribution in [2.45, 2.75) is 25.2 Å². The fourth-order valence-corrected chi connectivity index (χ4v) is 2.98. The van der Waals surface area contributed by atoms with Crippen molar-refractivity contribution >= 4 is 11.7 Å². The number of benzene rings is 2. The molecule has 6 nitrogen and oxygen atoms in total. The first-order chi connectivity index (χ1) is 11.6. The zero-order valence-corrected chi connectivity index (χ0v) is 13.2. The van der Waals surface area contributed by atoms with Crippen LogP contribution < -0.4 is 9.47 Å². The van der Waals surface area contributed by atoms with Gasteiger partial charge in [0.05, 0.1) is 18.0 Å². The number of nitro benzene ring substituents is 1. The normalized spacial score (nSPS) is 16.1. The number of esters is 1. The average molecular weight is 327 g/mol. The molecular formula is C18H17NO5. The number of nitrogens with zero attached hydrogens (tertiary/aromatic N) is 1. The molecule has 6 heteroatoms. The second-order valence-electron chi connectivity index (χ2n) is 5.68.